The van der Waals surface area contributed by atoms with Crippen LogP contribution in [0.15, 0.2) is 37.2 Å². The number of benzene rings is 1. The smallest absolute Gasteiger partial charge is 0.210 e. The maximum atomic E-state index is 14.4. The van der Waals surface area contributed by atoms with E-state index in [-0.39, 0.29) is 5.82 Å². The van der Waals surface area contributed by atoms with Crippen molar-refractivity contribution in [2.75, 3.05) is 5.32 Å². The lowest BCUT2D eigenvalue weighted by Crippen LogP contribution is -2.11. The molecule has 0 fully saturated rings. The van der Waals surface area contributed by atoms with Gasteiger partial charge in [0.2, 0.25) is 5.95 Å². The Morgan fingerprint density at radius 3 is 2.96 bits per heavy atom. The van der Waals surface area contributed by atoms with E-state index in [0.29, 0.717) is 18.1 Å². The molecule has 7 nitrogen and oxygen atoms in total. The van der Waals surface area contributed by atoms with Crippen LogP contribution in [0.5, 0.6) is 0 Å². The highest BCUT2D eigenvalue weighted by Gasteiger charge is 2.18. The van der Waals surface area contributed by atoms with Crippen LogP contribution in [0.2, 0.25) is 0 Å². The topological polar surface area (TPSA) is 72.9 Å². The highest BCUT2D eigenvalue weighted by molar-refractivity contribution is 5.60. The SMILES string of the molecule is Cc1cn(-c2cnc(NCc3c(F)ccc4c3CCC4)n3cnnc23)cn1. The summed E-state index contributed by atoms with van der Waals surface area (Å²) >= 11 is 0. The molecule has 5 rings (SSSR count). The van der Waals surface area contributed by atoms with Gasteiger partial charge in [0, 0.05) is 18.3 Å². The zero-order valence-corrected chi connectivity index (χ0v) is 14.9. The summed E-state index contributed by atoms with van der Waals surface area (Å²) in [6.07, 6.45) is 9.98. The molecule has 4 aromatic rings. The molecule has 0 aliphatic heterocycles. The van der Waals surface area contributed by atoms with Crippen molar-refractivity contribution in [3.8, 4) is 5.69 Å². The first-order valence-corrected chi connectivity index (χ1v) is 8.93. The van der Waals surface area contributed by atoms with Crippen LogP contribution in [0.3, 0.4) is 0 Å². The van der Waals surface area contributed by atoms with E-state index in [9.17, 15) is 4.39 Å². The Morgan fingerprint density at radius 2 is 2.11 bits per heavy atom. The van der Waals surface area contributed by atoms with Crippen molar-refractivity contribution in [2.45, 2.75) is 32.7 Å². The number of aromatic nitrogens is 6. The van der Waals surface area contributed by atoms with E-state index in [2.05, 4.69) is 25.5 Å². The summed E-state index contributed by atoms with van der Waals surface area (Å²) in [4.78, 5) is 8.75. The molecular weight excluding hydrogens is 345 g/mol. The molecule has 0 saturated heterocycles. The van der Waals surface area contributed by atoms with Crippen molar-refractivity contribution >= 4 is 11.6 Å². The van der Waals surface area contributed by atoms with E-state index >= 15 is 0 Å². The van der Waals surface area contributed by atoms with Crippen LogP contribution < -0.4 is 5.32 Å². The summed E-state index contributed by atoms with van der Waals surface area (Å²) in [5, 5.41) is 11.5. The normalized spacial score (nSPS) is 13.3. The fourth-order valence-electron chi connectivity index (χ4n) is 3.75. The van der Waals surface area contributed by atoms with Crippen LogP contribution in [-0.2, 0) is 19.4 Å². The minimum Gasteiger partial charge on any atom is -0.351 e. The number of fused-ring (bicyclic) bond motifs is 2. The largest absolute Gasteiger partial charge is 0.351 e. The third-order valence-corrected chi connectivity index (χ3v) is 5.07. The Morgan fingerprint density at radius 1 is 1.19 bits per heavy atom. The number of nitrogens with zero attached hydrogens (tertiary/aromatic N) is 6. The molecule has 0 saturated carbocycles. The van der Waals surface area contributed by atoms with Crippen LogP contribution in [0, 0.1) is 12.7 Å². The Bertz CT molecular complexity index is 1140. The average molecular weight is 363 g/mol. The van der Waals surface area contributed by atoms with Gasteiger partial charge in [-0.05, 0) is 43.4 Å². The third-order valence-electron chi connectivity index (χ3n) is 5.07. The molecular formula is C19H18FN7. The van der Waals surface area contributed by atoms with E-state index in [1.54, 1.807) is 29.3 Å². The summed E-state index contributed by atoms with van der Waals surface area (Å²) in [5.74, 6) is 0.402. The van der Waals surface area contributed by atoms with E-state index < -0.39 is 0 Å². The minimum absolute atomic E-state index is 0.173. The van der Waals surface area contributed by atoms with E-state index in [4.69, 9.17) is 0 Å². The number of aryl methyl sites for hydroxylation is 2. The zero-order chi connectivity index (χ0) is 18.4. The number of hydrogen-bond acceptors (Lipinski definition) is 5. The number of hydrogen-bond donors (Lipinski definition) is 1. The first-order valence-electron chi connectivity index (χ1n) is 8.93. The number of anilines is 1. The number of imidazole rings is 1. The first kappa shape index (κ1) is 15.9. The molecule has 1 aliphatic carbocycles. The van der Waals surface area contributed by atoms with Crippen LogP contribution in [0.1, 0.15) is 28.8 Å². The number of nitrogens with one attached hydrogen (secondary N) is 1. The quantitative estimate of drug-likeness (QED) is 0.604. The first-order chi connectivity index (χ1) is 13.2. The van der Waals surface area contributed by atoms with Gasteiger partial charge >= 0.3 is 0 Å². The molecule has 0 bridgehead atoms. The van der Waals surface area contributed by atoms with Gasteiger partial charge in [-0.1, -0.05) is 6.07 Å². The second-order valence-electron chi connectivity index (χ2n) is 6.78. The summed E-state index contributed by atoms with van der Waals surface area (Å²) in [6.45, 7) is 2.30. The summed E-state index contributed by atoms with van der Waals surface area (Å²) in [5.41, 5.74) is 5.45. The van der Waals surface area contributed by atoms with Gasteiger partial charge < -0.3 is 9.88 Å². The standard InChI is InChI=1S/C19H18FN7/c1-12-9-26(10-23-12)17-8-22-19(27-11-24-25-18(17)27)21-7-15-14-4-2-3-13(14)5-6-16(15)20/h5-6,8-11H,2-4,7H2,1H3,(H,21,22). The lowest BCUT2D eigenvalue weighted by Gasteiger charge is -2.13. The van der Waals surface area contributed by atoms with Crippen molar-refractivity contribution in [1.29, 1.82) is 0 Å². The van der Waals surface area contributed by atoms with Crippen molar-refractivity contribution in [3.63, 3.8) is 0 Å². The van der Waals surface area contributed by atoms with Crippen LogP contribution >= 0.6 is 0 Å². The molecule has 0 unspecified atom stereocenters. The van der Waals surface area contributed by atoms with E-state index in [0.717, 1.165) is 41.8 Å². The van der Waals surface area contributed by atoms with Gasteiger partial charge in [0.05, 0.1) is 18.2 Å². The highest BCUT2D eigenvalue weighted by atomic mass is 19.1. The molecule has 1 aliphatic rings. The molecule has 1 N–H and O–H groups in total. The zero-order valence-electron chi connectivity index (χ0n) is 14.9. The summed E-state index contributed by atoms with van der Waals surface area (Å²) in [6, 6.07) is 3.47. The molecule has 0 radical (unpaired) electrons. The van der Waals surface area contributed by atoms with E-state index in [1.165, 1.54) is 5.56 Å². The molecule has 0 amide bonds. The second kappa shape index (κ2) is 6.15. The van der Waals surface area contributed by atoms with Crippen molar-refractivity contribution < 1.29 is 4.39 Å². The Kier molecular flexibility index (Phi) is 3.63. The minimum atomic E-state index is -0.173. The highest BCUT2D eigenvalue weighted by Crippen LogP contribution is 2.28. The van der Waals surface area contributed by atoms with Gasteiger partial charge in [0.25, 0.3) is 0 Å². The maximum absolute atomic E-state index is 14.4. The predicted molar refractivity (Wildman–Crippen MR) is 98.4 cm³/mol. The molecule has 8 heteroatoms. The predicted octanol–water partition coefficient (Wildman–Crippen LogP) is 2.86. The van der Waals surface area contributed by atoms with Crippen molar-refractivity contribution in [1.82, 2.24) is 29.1 Å². The maximum Gasteiger partial charge on any atom is 0.210 e. The van der Waals surface area contributed by atoms with Crippen LogP contribution in [0.25, 0.3) is 11.3 Å². The second-order valence-corrected chi connectivity index (χ2v) is 6.78. The van der Waals surface area contributed by atoms with Crippen molar-refractivity contribution in [3.05, 3.63) is 65.4 Å². The van der Waals surface area contributed by atoms with Gasteiger partial charge in [-0.2, -0.15) is 0 Å². The van der Waals surface area contributed by atoms with Gasteiger partial charge in [-0.25, -0.2) is 18.8 Å². The van der Waals surface area contributed by atoms with Gasteiger partial charge in [0.15, 0.2) is 5.65 Å². The Hall–Kier alpha value is -3.29. The fourth-order valence-corrected chi connectivity index (χ4v) is 3.75. The fraction of sp³-hybridized carbons (Fsp3) is 0.263. The molecule has 1 aromatic carbocycles. The van der Waals surface area contributed by atoms with Crippen LogP contribution in [-0.4, -0.2) is 29.1 Å². The average Bonchev–Trinajstić information content (AvgIpc) is 3.40. The van der Waals surface area contributed by atoms with Crippen LogP contribution in [0.4, 0.5) is 10.3 Å². The Labute approximate surface area is 154 Å². The summed E-state index contributed by atoms with van der Waals surface area (Å²) < 4.78 is 18.0. The lowest BCUT2D eigenvalue weighted by molar-refractivity contribution is 0.609. The van der Waals surface area contributed by atoms with E-state index in [1.807, 2.05) is 23.8 Å². The Balaban J connectivity index is 1.49. The molecule has 0 spiro atoms. The monoisotopic (exact) mass is 363 g/mol. The van der Waals surface area contributed by atoms with Gasteiger partial charge in [-0.3, -0.25) is 0 Å². The molecule has 3 aromatic heterocycles. The van der Waals surface area contributed by atoms with Gasteiger partial charge in [0.1, 0.15) is 17.8 Å². The lowest BCUT2D eigenvalue weighted by atomic mass is 10.0. The molecule has 3 heterocycles. The third kappa shape index (κ3) is 2.64. The number of rotatable bonds is 4. The molecule has 136 valence electrons. The van der Waals surface area contributed by atoms with Crippen molar-refractivity contribution in [2.24, 2.45) is 0 Å². The molecule has 0 atom stereocenters. The number of halogens is 1. The van der Waals surface area contributed by atoms with Gasteiger partial charge in [-0.15, -0.1) is 10.2 Å². The molecule has 27 heavy (non-hydrogen) atoms. The summed E-state index contributed by atoms with van der Waals surface area (Å²) in [7, 11) is 0.